The number of Topliss-reactive ketones (excluding diaryl/α,β-unsaturated/α-hetero) is 1. The second-order valence-corrected chi connectivity index (χ2v) is 7.34. The van der Waals surface area contributed by atoms with E-state index in [1.807, 2.05) is 6.92 Å². The van der Waals surface area contributed by atoms with Crippen LogP contribution in [0.5, 0.6) is 0 Å². The van der Waals surface area contributed by atoms with Crippen LogP contribution in [0.1, 0.15) is 27.7 Å². The highest BCUT2D eigenvalue weighted by molar-refractivity contribution is 7.07. The normalized spacial score (nSPS) is 11.5. The minimum absolute atomic E-state index is 0.00548. The van der Waals surface area contributed by atoms with Gasteiger partial charge in [-0.15, -0.1) is 0 Å². The van der Waals surface area contributed by atoms with Crippen molar-refractivity contribution >= 4 is 34.7 Å². The summed E-state index contributed by atoms with van der Waals surface area (Å²) in [6, 6.07) is 13.2. The molecule has 5 nitrogen and oxygen atoms in total. The smallest absolute Gasteiger partial charge is 0.223 e. The minimum atomic E-state index is -0.318. The summed E-state index contributed by atoms with van der Waals surface area (Å²) in [5.74, 6) is 0.110. The summed E-state index contributed by atoms with van der Waals surface area (Å²) in [4.78, 5) is 17.0. The van der Waals surface area contributed by atoms with E-state index in [-0.39, 0.29) is 11.6 Å². The molecular formula is C20H19FN4OS. The van der Waals surface area contributed by atoms with Crippen LogP contribution in [0.2, 0.25) is 0 Å². The summed E-state index contributed by atoms with van der Waals surface area (Å²) in [6.45, 7) is 5.22. The Morgan fingerprint density at radius 1 is 1.15 bits per heavy atom. The van der Waals surface area contributed by atoms with Crippen molar-refractivity contribution < 1.29 is 9.18 Å². The minimum Gasteiger partial charge on any atom is -0.325 e. The van der Waals surface area contributed by atoms with Crippen molar-refractivity contribution in [1.29, 1.82) is 5.41 Å². The lowest BCUT2D eigenvalue weighted by molar-refractivity contribution is 0.101. The lowest BCUT2D eigenvalue weighted by Gasteiger charge is -2.12. The zero-order chi connectivity index (χ0) is 19.6. The fraction of sp³-hybridized carbons (Fsp3) is 0.150. The average molecular weight is 382 g/mol. The van der Waals surface area contributed by atoms with Gasteiger partial charge in [0, 0.05) is 16.1 Å². The maximum Gasteiger partial charge on any atom is 0.223 e. The van der Waals surface area contributed by atoms with Gasteiger partial charge in [-0.1, -0.05) is 11.5 Å². The number of nitrogens with one attached hydrogen (secondary N) is 2. The third-order valence-corrected chi connectivity index (χ3v) is 4.88. The Bertz CT molecular complexity index is 1080. The first-order valence-electron chi connectivity index (χ1n) is 8.31. The molecule has 3 aromatic rings. The monoisotopic (exact) mass is 382 g/mol. The lowest BCUT2D eigenvalue weighted by Crippen LogP contribution is -2.28. The first-order valence-corrected chi connectivity index (χ1v) is 9.08. The number of aromatic nitrogens is 1. The number of hydrogen-bond donors (Lipinski definition) is 2. The maximum atomic E-state index is 13.4. The first-order chi connectivity index (χ1) is 12.8. The van der Waals surface area contributed by atoms with Gasteiger partial charge >= 0.3 is 0 Å². The van der Waals surface area contributed by atoms with E-state index in [0.29, 0.717) is 28.3 Å². The first kappa shape index (κ1) is 18.7. The molecule has 0 unspecified atom stereocenters. The van der Waals surface area contributed by atoms with Crippen molar-refractivity contribution in [2.75, 3.05) is 5.32 Å². The molecule has 7 heteroatoms. The van der Waals surface area contributed by atoms with Crippen molar-refractivity contribution in [3.63, 3.8) is 0 Å². The van der Waals surface area contributed by atoms with E-state index < -0.39 is 0 Å². The number of hydrogen-bond acceptors (Lipinski definition) is 4. The number of rotatable bonds is 3. The number of aliphatic imine (C=N–C) groups is 1. The second-order valence-electron chi connectivity index (χ2n) is 6.15. The Morgan fingerprint density at radius 3 is 2.41 bits per heavy atom. The summed E-state index contributed by atoms with van der Waals surface area (Å²) in [5.41, 5.74) is 2.95. The van der Waals surface area contributed by atoms with Crippen LogP contribution in [0.3, 0.4) is 0 Å². The SMILES string of the molecule is CC(=O)c1ccc(NC(=Nc2ccc(F)cc2C)n2sc(C)cc2=N)cc1. The number of aryl methyl sites for hydroxylation is 2. The molecule has 2 N–H and O–H groups in total. The van der Waals surface area contributed by atoms with Crippen molar-refractivity contribution in [2.24, 2.45) is 4.99 Å². The van der Waals surface area contributed by atoms with E-state index in [1.54, 1.807) is 47.3 Å². The molecule has 1 aromatic heterocycles. The van der Waals surface area contributed by atoms with Gasteiger partial charge in [-0.2, -0.15) is 0 Å². The van der Waals surface area contributed by atoms with E-state index in [9.17, 15) is 9.18 Å². The summed E-state index contributed by atoms with van der Waals surface area (Å²) < 4.78 is 15.1. The largest absolute Gasteiger partial charge is 0.325 e. The molecule has 1 heterocycles. The van der Waals surface area contributed by atoms with Crippen LogP contribution in [-0.4, -0.2) is 15.7 Å². The Hall–Kier alpha value is -3.06. The van der Waals surface area contributed by atoms with Gasteiger partial charge in [0.05, 0.1) is 5.69 Å². The number of halogens is 1. The van der Waals surface area contributed by atoms with Crippen LogP contribution in [0, 0.1) is 25.1 Å². The van der Waals surface area contributed by atoms with E-state index >= 15 is 0 Å². The Kier molecular flexibility index (Phi) is 5.32. The van der Waals surface area contributed by atoms with E-state index in [2.05, 4.69) is 10.3 Å². The molecule has 0 aliphatic heterocycles. The standard InChI is InChI=1S/C20H19FN4OS/c1-12-10-16(21)6-9-18(12)24-20(25-19(22)11-13(2)27-25)23-17-7-4-15(5-8-17)14(3)26/h4-11,22H,1-3H3,(H,23,24). The molecule has 0 amide bonds. The van der Waals surface area contributed by atoms with Crippen molar-refractivity contribution in [1.82, 2.24) is 3.96 Å². The average Bonchev–Trinajstić information content (AvgIpc) is 2.95. The quantitative estimate of drug-likeness (QED) is 0.394. The number of carbonyl (C=O) groups excluding carboxylic acids is 1. The van der Waals surface area contributed by atoms with E-state index in [0.717, 1.165) is 10.6 Å². The van der Waals surface area contributed by atoms with Crippen LogP contribution in [0.25, 0.3) is 0 Å². The third kappa shape index (κ3) is 4.38. The van der Waals surface area contributed by atoms with Gasteiger partial charge in [0.1, 0.15) is 11.3 Å². The molecule has 0 aliphatic carbocycles. The second kappa shape index (κ2) is 7.67. The van der Waals surface area contributed by atoms with E-state index in [1.165, 1.54) is 30.6 Å². The summed E-state index contributed by atoms with van der Waals surface area (Å²) in [7, 11) is 0. The lowest BCUT2D eigenvalue weighted by atomic mass is 10.1. The molecule has 27 heavy (non-hydrogen) atoms. The summed E-state index contributed by atoms with van der Waals surface area (Å²) >= 11 is 1.39. The zero-order valence-electron chi connectivity index (χ0n) is 15.2. The van der Waals surface area contributed by atoms with Gasteiger partial charge < -0.3 is 5.32 Å². The van der Waals surface area contributed by atoms with Crippen LogP contribution in [-0.2, 0) is 0 Å². The molecule has 0 saturated heterocycles. The Labute approximate surface area is 160 Å². The zero-order valence-corrected chi connectivity index (χ0v) is 16.0. The van der Waals surface area contributed by atoms with Gasteiger partial charge in [-0.3, -0.25) is 10.2 Å². The van der Waals surface area contributed by atoms with Gasteiger partial charge in [-0.05, 0) is 74.9 Å². The number of carbonyl (C=O) groups is 1. The fourth-order valence-corrected chi connectivity index (χ4v) is 3.30. The molecular weight excluding hydrogens is 363 g/mol. The van der Waals surface area contributed by atoms with Gasteiger partial charge in [0.25, 0.3) is 0 Å². The van der Waals surface area contributed by atoms with Gasteiger partial charge in [-0.25, -0.2) is 13.3 Å². The van der Waals surface area contributed by atoms with Crippen LogP contribution in [0.4, 0.5) is 15.8 Å². The van der Waals surface area contributed by atoms with Crippen LogP contribution < -0.4 is 10.8 Å². The molecule has 2 aromatic carbocycles. The van der Waals surface area contributed by atoms with E-state index in [4.69, 9.17) is 5.41 Å². The molecule has 0 atom stereocenters. The molecule has 0 aliphatic rings. The molecule has 0 bridgehead atoms. The van der Waals surface area contributed by atoms with Gasteiger partial charge in [0.2, 0.25) is 5.96 Å². The Morgan fingerprint density at radius 2 is 1.85 bits per heavy atom. The summed E-state index contributed by atoms with van der Waals surface area (Å²) in [5, 5.41) is 11.4. The fourth-order valence-electron chi connectivity index (χ4n) is 2.53. The number of nitrogens with zero attached hydrogens (tertiary/aromatic N) is 2. The molecule has 0 spiro atoms. The number of benzene rings is 2. The highest BCUT2D eigenvalue weighted by Gasteiger charge is 2.10. The van der Waals surface area contributed by atoms with Crippen molar-refractivity contribution in [3.8, 4) is 0 Å². The predicted molar refractivity (Wildman–Crippen MR) is 107 cm³/mol. The number of anilines is 1. The summed E-state index contributed by atoms with van der Waals surface area (Å²) in [6.07, 6.45) is 0. The van der Waals surface area contributed by atoms with Crippen LogP contribution in [0.15, 0.2) is 53.5 Å². The third-order valence-electron chi connectivity index (χ3n) is 3.92. The highest BCUT2D eigenvalue weighted by atomic mass is 32.1. The number of ketones is 1. The molecule has 0 fully saturated rings. The molecule has 0 saturated carbocycles. The highest BCUT2D eigenvalue weighted by Crippen LogP contribution is 2.21. The van der Waals surface area contributed by atoms with Gasteiger partial charge in [0.15, 0.2) is 5.78 Å². The molecule has 0 radical (unpaired) electrons. The molecule has 3 rings (SSSR count). The van der Waals surface area contributed by atoms with Crippen LogP contribution >= 0.6 is 11.5 Å². The Balaban J connectivity index is 2.04. The molecule has 138 valence electrons. The van der Waals surface area contributed by atoms with Crippen molar-refractivity contribution in [2.45, 2.75) is 20.8 Å². The van der Waals surface area contributed by atoms with Crippen molar-refractivity contribution in [3.05, 3.63) is 75.8 Å². The maximum absolute atomic E-state index is 13.4. The topological polar surface area (TPSA) is 70.2 Å². The predicted octanol–water partition coefficient (Wildman–Crippen LogP) is 4.64.